The summed E-state index contributed by atoms with van der Waals surface area (Å²) in [4.78, 5) is 29.6. The van der Waals surface area contributed by atoms with Crippen LogP contribution in [0.15, 0.2) is 54.1 Å². The maximum atomic E-state index is 13.0. The molecule has 2 heterocycles. The number of ketones is 1. The van der Waals surface area contributed by atoms with Gasteiger partial charge in [0.15, 0.2) is 0 Å². The van der Waals surface area contributed by atoms with Crippen molar-refractivity contribution >= 4 is 29.1 Å². The number of likely N-dealkylation sites (tertiary alicyclic amines) is 1. The van der Waals surface area contributed by atoms with Gasteiger partial charge in [-0.15, -0.1) is 0 Å². The molecule has 0 radical (unpaired) electrons. The van der Waals surface area contributed by atoms with Gasteiger partial charge in [-0.1, -0.05) is 23.7 Å². The molecular weight excluding hydrogens is 420 g/mol. The lowest BCUT2D eigenvalue weighted by atomic mass is 9.95. The number of nitrogens with zero attached hydrogens (tertiary/aromatic N) is 2. The van der Waals surface area contributed by atoms with Gasteiger partial charge in [0.25, 0.3) is 11.7 Å². The number of hydrogen-bond donors (Lipinski definition) is 2. The smallest absolute Gasteiger partial charge is 0.295 e. The molecule has 2 N–H and O–H groups in total. The number of phenolic OH excluding ortho intramolecular Hbond substituents is 1. The minimum Gasteiger partial charge on any atom is -0.508 e. The van der Waals surface area contributed by atoms with Crippen molar-refractivity contribution in [2.45, 2.75) is 6.04 Å². The van der Waals surface area contributed by atoms with Gasteiger partial charge in [0.2, 0.25) is 0 Å². The zero-order valence-electron chi connectivity index (χ0n) is 16.8. The van der Waals surface area contributed by atoms with Crippen LogP contribution in [0.4, 0.5) is 0 Å². The van der Waals surface area contributed by atoms with Crippen molar-refractivity contribution in [1.82, 2.24) is 9.80 Å². The molecule has 7 nitrogen and oxygen atoms in total. The molecule has 0 unspecified atom stereocenters. The molecule has 2 aromatic carbocycles. The number of halogens is 1. The van der Waals surface area contributed by atoms with E-state index in [9.17, 15) is 19.8 Å². The third-order valence-electron chi connectivity index (χ3n) is 5.60. The van der Waals surface area contributed by atoms with Gasteiger partial charge in [0.05, 0.1) is 24.8 Å². The van der Waals surface area contributed by atoms with Crippen LogP contribution in [0.3, 0.4) is 0 Å². The first-order valence-corrected chi connectivity index (χ1v) is 10.5. The Morgan fingerprint density at radius 1 is 1.06 bits per heavy atom. The van der Waals surface area contributed by atoms with Gasteiger partial charge < -0.3 is 19.8 Å². The number of morpholine rings is 1. The second-order valence-electron chi connectivity index (χ2n) is 7.55. The van der Waals surface area contributed by atoms with Gasteiger partial charge in [0, 0.05) is 36.8 Å². The Morgan fingerprint density at radius 2 is 1.77 bits per heavy atom. The van der Waals surface area contributed by atoms with Crippen LogP contribution in [-0.4, -0.2) is 71.1 Å². The molecule has 1 amide bonds. The summed E-state index contributed by atoms with van der Waals surface area (Å²) in [6.07, 6.45) is 0. The van der Waals surface area contributed by atoms with E-state index in [0.29, 0.717) is 42.5 Å². The van der Waals surface area contributed by atoms with Gasteiger partial charge in [-0.3, -0.25) is 14.5 Å². The Balaban J connectivity index is 1.73. The van der Waals surface area contributed by atoms with E-state index in [0.717, 1.165) is 13.1 Å². The first-order chi connectivity index (χ1) is 15.0. The van der Waals surface area contributed by atoms with Gasteiger partial charge in [-0.25, -0.2) is 0 Å². The van der Waals surface area contributed by atoms with E-state index in [-0.39, 0.29) is 17.1 Å². The molecule has 0 spiro atoms. The van der Waals surface area contributed by atoms with Crippen molar-refractivity contribution in [3.05, 3.63) is 70.3 Å². The first kappa shape index (κ1) is 21.4. The predicted octanol–water partition coefficient (Wildman–Crippen LogP) is 2.80. The summed E-state index contributed by atoms with van der Waals surface area (Å²) < 4.78 is 5.37. The van der Waals surface area contributed by atoms with Crippen molar-refractivity contribution in [3.63, 3.8) is 0 Å². The molecule has 0 aromatic heterocycles. The standard InChI is InChI=1S/C23H23ClN2O5/c24-17-6-4-15(5-7-17)21(28)19-20(16-2-1-3-18(27)14-16)26(23(30)22(19)29)9-8-25-10-12-31-13-11-25/h1-7,14,20,27-28H,8-13H2/t20-/m1/s1. The van der Waals surface area contributed by atoms with Crippen molar-refractivity contribution in [2.24, 2.45) is 0 Å². The van der Waals surface area contributed by atoms with Gasteiger partial charge in [-0.05, 0) is 42.0 Å². The monoisotopic (exact) mass is 442 g/mol. The zero-order valence-corrected chi connectivity index (χ0v) is 17.6. The number of benzene rings is 2. The number of carbonyl (C=O) groups is 2. The van der Waals surface area contributed by atoms with Gasteiger partial charge >= 0.3 is 0 Å². The van der Waals surface area contributed by atoms with Crippen LogP contribution in [0, 0.1) is 0 Å². The fourth-order valence-electron chi connectivity index (χ4n) is 3.99. The predicted molar refractivity (Wildman–Crippen MR) is 116 cm³/mol. The van der Waals surface area contributed by atoms with Gasteiger partial charge in [-0.2, -0.15) is 0 Å². The number of aliphatic hydroxyl groups excluding tert-OH is 1. The largest absolute Gasteiger partial charge is 0.508 e. The molecule has 1 atom stereocenters. The lowest BCUT2D eigenvalue weighted by molar-refractivity contribution is -0.140. The zero-order chi connectivity index (χ0) is 22.0. The van der Waals surface area contributed by atoms with E-state index in [4.69, 9.17) is 16.3 Å². The van der Waals surface area contributed by atoms with Crippen LogP contribution in [0.25, 0.3) is 5.76 Å². The summed E-state index contributed by atoms with van der Waals surface area (Å²) in [5, 5.41) is 21.5. The molecular formula is C23H23ClN2O5. The Morgan fingerprint density at radius 3 is 2.45 bits per heavy atom. The average molecular weight is 443 g/mol. The van der Waals surface area contributed by atoms with E-state index in [2.05, 4.69) is 4.90 Å². The van der Waals surface area contributed by atoms with Crippen LogP contribution in [0.5, 0.6) is 5.75 Å². The van der Waals surface area contributed by atoms with Crippen molar-refractivity contribution in [2.75, 3.05) is 39.4 Å². The summed E-state index contributed by atoms with van der Waals surface area (Å²) in [5.41, 5.74) is 0.942. The van der Waals surface area contributed by atoms with E-state index in [1.54, 1.807) is 36.4 Å². The molecule has 2 saturated heterocycles. The topological polar surface area (TPSA) is 90.3 Å². The maximum absolute atomic E-state index is 13.0. The molecule has 0 bridgehead atoms. The van der Waals surface area contributed by atoms with Crippen molar-refractivity contribution in [1.29, 1.82) is 0 Å². The third kappa shape index (κ3) is 4.44. The molecule has 2 aliphatic heterocycles. The van der Waals surface area contributed by atoms with E-state index < -0.39 is 17.7 Å². The van der Waals surface area contributed by atoms with E-state index >= 15 is 0 Å². The average Bonchev–Trinajstić information content (AvgIpc) is 3.03. The number of ether oxygens (including phenoxy) is 1. The van der Waals surface area contributed by atoms with Crippen LogP contribution in [0.1, 0.15) is 17.2 Å². The Bertz CT molecular complexity index is 1010. The fraction of sp³-hybridized carbons (Fsp3) is 0.304. The fourth-order valence-corrected chi connectivity index (χ4v) is 4.12. The summed E-state index contributed by atoms with van der Waals surface area (Å²) in [7, 11) is 0. The molecule has 0 saturated carbocycles. The summed E-state index contributed by atoms with van der Waals surface area (Å²) >= 11 is 5.94. The molecule has 2 aromatic rings. The number of aliphatic hydroxyl groups is 1. The van der Waals surface area contributed by atoms with Gasteiger partial charge in [0.1, 0.15) is 11.5 Å². The Labute approximate surface area is 185 Å². The first-order valence-electron chi connectivity index (χ1n) is 10.1. The van der Waals surface area contributed by atoms with Crippen LogP contribution in [-0.2, 0) is 14.3 Å². The summed E-state index contributed by atoms with van der Waals surface area (Å²) in [5.74, 6) is -1.67. The number of Topliss-reactive ketones (excluding diaryl/α,β-unsaturated/α-hetero) is 1. The van der Waals surface area contributed by atoms with E-state index in [1.165, 1.54) is 17.0 Å². The lowest BCUT2D eigenvalue weighted by Crippen LogP contribution is -2.42. The number of amides is 1. The summed E-state index contributed by atoms with van der Waals surface area (Å²) in [6.45, 7) is 3.66. The lowest BCUT2D eigenvalue weighted by Gasteiger charge is -2.31. The molecule has 0 aliphatic carbocycles. The molecule has 162 valence electrons. The van der Waals surface area contributed by atoms with Crippen LogP contribution < -0.4 is 0 Å². The number of rotatable bonds is 5. The second kappa shape index (κ2) is 9.09. The Hall–Kier alpha value is -2.87. The quantitative estimate of drug-likeness (QED) is 0.420. The normalized spacial score (nSPS) is 21.6. The number of aromatic hydroxyl groups is 1. The maximum Gasteiger partial charge on any atom is 0.295 e. The third-order valence-corrected chi connectivity index (χ3v) is 5.86. The minimum absolute atomic E-state index is 0.0000926. The molecule has 2 aliphatic rings. The van der Waals surface area contributed by atoms with Crippen LogP contribution in [0.2, 0.25) is 5.02 Å². The minimum atomic E-state index is -0.802. The van der Waals surface area contributed by atoms with Crippen molar-refractivity contribution in [3.8, 4) is 5.75 Å². The number of hydrogen-bond acceptors (Lipinski definition) is 6. The highest BCUT2D eigenvalue weighted by Gasteiger charge is 2.46. The van der Waals surface area contributed by atoms with Crippen molar-refractivity contribution < 1.29 is 24.5 Å². The molecule has 2 fully saturated rings. The highest BCUT2D eigenvalue weighted by atomic mass is 35.5. The second-order valence-corrected chi connectivity index (χ2v) is 7.98. The highest BCUT2D eigenvalue weighted by molar-refractivity contribution is 6.46. The molecule has 8 heteroatoms. The number of phenols is 1. The Kier molecular flexibility index (Phi) is 6.27. The van der Waals surface area contributed by atoms with Crippen LogP contribution >= 0.6 is 11.6 Å². The molecule has 31 heavy (non-hydrogen) atoms. The highest BCUT2D eigenvalue weighted by Crippen LogP contribution is 2.40. The van der Waals surface area contributed by atoms with E-state index in [1.807, 2.05) is 0 Å². The SMILES string of the molecule is O=C1C(=O)N(CCN2CCOCC2)[C@H](c2cccc(O)c2)C1=C(O)c1ccc(Cl)cc1. The summed E-state index contributed by atoms with van der Waals surface area (Å²) in [6, 6.07) is 12.0. The molecule has 4 rings (SSSR count). The number of carbonyl (C=O) groups excluding carboxylic acids is 2.